The lowest BCUT2D eigenvalue weighted by atomic mass is 10.3. The molecule has 0 saturated carbocycles. The molecular formula is C10H15N6OP. The smallest absolute Gasteiger partial charge is 0.242 e. The highest BCUT2D eigenvalue weighted by molar-refractivity contribution is 7.68. The quantitative estimate of drug-likeness (QED) is 0.679. The second-order valence-corrected chi connectivity index (χ2v) is 6.17. The Morgan fingerprint density at radius 1 is 1.28 bits per heavy atom. The maximum atomic E-state index is 12.7. The third kappa shape index (κ3) is 2.03. The number of nitrogens with two attached hydrogens (primary N) is 1. The average molecular weight is 266 g/mol. The van der Waals surface area contributed by atoms with E-state index in [1.807, 2.05) is 12.1 Å². The summed E-state index contributed by atoms with van der Waals surface area (Å²) in [5.74, 6) is 0.251. The van der Waals surface area contributed by atoms with Crippen LogP contribution in [0.4, 0.5) is 5.95 Å². The van der Waals surface area contributed by atoms with Gasteiger partial charge in [-0.15, -0.1) is 0 Å². The van der Waals surface area contributed by atoms with Crippen LogP contribution in [0.15, 0.2) is 30.6 Å². The minimum atomic E-state index is -2.88. The first-order chi connectivity index (χ1) is 8.62. The van der Waals surface area contributed by atoms with Gasteiger partial charge in [0.15, 0.2) is 0 Å². The molecule has 0 saturated heterocycles. The Bertz CT molecular complexity index is 588. The largest absolute Gasteiger partial charge is 0.368 e. The third-order valence-electron chi connectivity index (χ3n) is 2.65. The molecule has 96 valence electrons. The van der Waals surface area contributed by atoms with Gasteiger partial charge in [0.25, 0.3) is 0 Å². The van der Waals surface area contributed by atoms with Crippen LogP contribution < -0.4 is 21.2 Å². The number of hydrogen-bond donors (Lipinski definition) is 3. The molecule has 0 fully saturated rings. The van der Waals surface area contributed by atoms with Crippen LogP contribution in [0, 0.1) is 0 Å². The molecule has 0 bridgehead atoms. The molecule has 2 aromatic rings. The van der Waals surface area contributed by atoms with Gasteiger partial charge in [0.2, 0.25) is 13.4 Å². The van der Waals surface area contributed by atoms with Crippen LogP contribution in [-0.4, -0.2) is 28.9 Å². The van der Waals surface area contributed by atoms with Crippen molar-refractivity contribution in [2.24, 2.45) is 0 Å². The number of benzene rings is 1. The topological polar surface area (TPSA) is 97.9 Å². The molecule has 0 atom stereocenters. The molecule has 0 aliphatic carbocycles. The zero-order chi connectivity index (χ0) is 13.2. The molecule has 1 aromatic carbocycles. The van der Waals surface area contributed by atoms with E-state index in [0.29, 0.717) is 11.0 Å². The number of nitrogens with one attached hydrogen (secondary N) is 2. The molecule has 0 spiro atoms. The van der Waals surface area contributed by atoms with Crippen LogP contribution in [0.1, 0.15) is 0 Å². The summed E-state index contributed by atoms with van der Waals surface area (Å²) >= 11 is 0. The van der Waals surface area contributed by atoms with Crippen molar-refractivity contribution < 1.29 is 4.57 Å². The zero-order valence-electron chi connectivity index (χ0n) is 10.2. The van der Waals surface area contributed by atoms with Crippen molar-refractivity contribution in [1.29, 1.82) is 0 Å². The fraction of sp³-hybridized carbons (Fsp3) is 0.200. The molecule has 0 aliphatic rings. The molecule has 7 nitrogen and oxygen atoms in total. The second-order valence-electron chi connectivity index (χ2n) is 3.58. The average Bonchev–Trinajstić information content (AvgIpc) is 2.84. The fourth-order valence-electron chi connectivity index (χ4n) is 1.70. The third-order valence-corrected chi connectivity index (χ3v) is 4.97. The van der Waals surface area contributed by atoms with Crippen molar-refractivity contribution in [3.8, 4) is 5.69 Å². The van der Waals surface area contributed by atoms with Gasteiger partial charge < -0.3 is 5.73 Å². The number of nitrogens with zero attached hydrogens (tertiary/aromatic N) is 3. The first-order valence-corrected chi connectivity index (χ1v) is 7.06. The van der Waals surface area contributed by atoms with Crippen LogP contribution in [0.3, 0.4) is 0 Å². The standard InChI is InChI=1S/C10H15N6OP/c1-12-18(17,13-2)9-6-4-3-5-8(9)16-10(11)14-7-15-16/h3-7H,1-2H3,(H2,11,14,15)(H2,12,13,17). The van der Waals surface area contributed by atoms with Gasteiger partial charge in [-0.25, -0.2) is 0 Å². The van der Waals surface area contributed by atoms with Gasteiger partial charge in [-0.05, 0) is 26.2 Å². The molecule has 2 rings (SSSR count). The summed E-state index contributed by atoms with van der Waals surface area (Å²) in [4.78, 5) is 3.87. The van der Waals surface area contributed by atoms with E-state index in [1.54, 1.807) is 26.2 Å². The molecule has 8 heteroatoms. The fourth-order valence-corrected chi connectivity index (χ4v) is 3.19. The summed E-state index contributed by atoms with van der Waals surface area (Å²) in [5, 5.41) is 10.3. The van der Waals surface area contributed by atoms with Crippen LogP contribution >= 0.6 is 7.44 Å². The highest BCUT2D eigenvalue weighted by Gasteiger charge is 2.25. The Hall–Kier alpha value is -1.69. The Labute approximate surface area is 105 Å². The number of hydrogen-bond acceptors (Lipinski definition) is 4. The minimum Gasteiger partial charge on any atom is -0.368 e. The summed E-state index contributed by atoms with van der Waals surface area (Å²) < 4.78 is 14.1. The van der Waals surface area contributed by atoms with Gasteiger partial charge in [-0.3, -0.25) is 14.7 Å². The number of rotatable bonds is 4. The van der Waals surface area contributed by atoms with Crippen molar-refractivity contribution in [3.05, 3.63) is 30.6 Å². The summed E-state index contributed by atoms with van der Waals surface area (Å²) in [6.07, 6.45) is 1.36. The van der Waals surface area contributed by atoms with Gasteiger partial charge >= 0.3 is 0 Å². The minimum absolute atomic E-state index is 0.251. The maximum absolute atomic E-state index is 12.7. The molecule has 0 radical (unpaired) electrons. The molecule has 0 aliphatic heterocycles. The number of anilines is 1. The lowest BCUT2D eigenvalue weighted by molar-refractivity contribution is 0.569. The molecule has 18 heavy (non-hydrogen) atoms. The van der Waals surface area contributed by atoms with Crippen molar-refractivity contribution in [3.63, 3.8) is 0 Å². The molecule has 1 heterocycles. The Kier molecular flexibility index (Phi) is 3.47. The van der Waals surface area contributed by atoms with E-state index < -0.39 is 7.44 Å². The second kappa shape index (κ2) is 4.89. The van der Waals surface area contributed by atoms with E-state index in [9.17, 15) is 4.57 Å². The lowest BCUT2D eigenvalue weighted by Crippen LogP contribution is -2.28. The van der Waals surface area contributed by atoms with Gasteiger partial charge in [-0.1, -0.05) is 12.1 Å². The van der Waals surface area contributed by atoms with Crippen LogP contribution in [-0.2, 0) is 4.57 Å². The summed E-state index contributed by atoms with van der Waals surface area (Å²) in [6.45, 7) is 0. The van der Waals surface area contributed by atoms with E-state index in [4.69, 9.17) is 5.73 Å². The number of para-hydroxylation sites is 1. The van der Waals surface area contributed by atoms with Gasteiger partial charge in [-0.2, -0.15) is 14.8 Å². The van der Waals surface area contributed by atoms with E-state index in [0.717, 1.165) is 0 Å². The van der Waals surface area contributed by atoms with Gasteiger partial charge in [0, 0.05) is 0 Å². The number of aromatic nitrogens is 3. The predicted molar refractivity (Wildman–Crippen MR) is 71.1 cm³/mol. The highest BCUT2D eigenvalue weighted by Crippen LogP contribution is 2.35. The van der Waals surface area contributed by atoms with Crippen molar-refractivity contribution in [2.75, 3.05) is 19.8 Å². The summed E-state index contributed by atoms with van der Waals surface area (Å²) in [7, 11) is 0.399. The molecular weight excluding hydrogens is 251 g/mol. The summed E-state index contributed by atoms with van der Waals surface area (Å²) in [5.41, 5.74) is 6.36. The monoisotopic (exact) mass is 266 g/mol. The van der Waals surface area contributed by atoms with E-state index in [2.05, 4.69) is 20.3 Å². The van der Waals surface area contributed by atoms with Crippen LogP contribution in [0.25, 0.3) is 5.69 Å². The normalized spacial score (nSPS) is 11.7. The van der Waals surface area contributed by atoms with Gasteiger partial charge in [0.1, 0.15) is 6.33 Å². The maximum Gasteiger partial charge on any atom is 0.242 e. The van der Waals surface area contributed by atoms with Crippen LogP contribution in [0.2, 0.25) is 0 Å². The van der Waals surface area contributed by atoms with E-state index in [1.165, 1.54) is 11.0 Å². The van der Waals surface area contributed by atoms with Crippen LogP contribution in [0.5, 0.6) is 0 Å². The van der Waals surface area contributed by atoms with E-state index in [-0.39, 0.29) is 5.95 Å². The summed E-state index contributed by atoms with van der Waals surface area (Å²) in [6, 6.07) is 7.20. The first-order valence-electron chi connectivity index (χ1n) is 5.36. The highest BCUT2D eigenvalue weighted by atomic mass is 31.2. The van der Waals surface area contributed by atoms with Crippen molar-refractivity contribution in [1.82, 2.24) is 24.9 Å². The SMILES string of the molecule is CNP(=O)(NC)c1ccccc1-n1ncnc1N. The zero-order valence-corrected chi connectivity index (χ0v) is 11.1. The molecule has 0 unspecified atom stereocenters. The van der Waals surface area contributed by atoms with E-state index >= 15 is 0 Å². The Morgan fingerprint density at radius 3 is 2.50 bits per heavy atom. The Balaban J connectivity index is 2.64. The lowest BCUT2D eigenvalue weighted by Gasteiger charge is -2.19. The van der Waals surface area contributed by atoms with Gasteiger partial charge in [0.05, 0.1) is 11.0 Å². The molecule has 0 amide bonds. The number of nitrogen functional groups attached to an aromatic ring is 1. The van der Waals surface area contributed by atoms with Crippen molar-refractivity contribution >= 4 is 18.7 Å². The van der Waals surface area contributed by atoms with Crippen molar-refractivity contribution in [2.45, 2.75) is 0 Å². The molecule has 4 N–H and O–H groups in total. The molecule has 1 aromatic heterocycles. The Morgan fingerprint density at radius 2 is 1.94 bits per heavy atom. The first kappa shape index (κ1) is 12.8. The predicted octanol–water partition coefficient (Wildman–Crippen LogP) is 0.107.